The Morgan fingerprint density at radius 1 is 0.536 bits per heavy atom. The minimum Gasteiger partial charge on any atom is -0.0614 e. The van der Waals surface area contributed by atoms with Gasteiger partial charge in [-0.1, -0.05) is 91.0 Å². The molecule has 0 saturated carbocycles. The van der Waals surface area contributed by atoms with Crippen LogP contribution >= 0.6 is 0 Å². The second kappa shape index (κ2) is 5.81. The van der Waals surface area contributed by atoms with Crippen molar-refractivity contribution in [3.63, 3.8) is 0 Å². The fourth-order valence-electron chi connectivity index (χ4n) is 4.94. The Hall–Kier alpha value is -3.38. The van der Waals surface area contributed by atoms with Gasteiger partial charge in [-0.05, 0) is 73.8 Å². The molecule has 0 nitrogen and oxygen atoms in total. The number of hydrogen-bond acceptors (Lipinski definition) is 0. The summed E-state index contributed by atoms with van der Waals surface area (Å²) in [5, 5.41) is 5.44. The van der Waals surface area contributed by atoms with Crippen LogP contribution in [0, 0.1) is 6.92 Å². The number of hydrogen-bond donors (Lipinski definition) is 0. The monoisotopic (exact) mass is 356 g/mol. The van der Waals surface area contributed by atoms with Gasteiger partial charge < -0.3 is 0 Å². The van der Waals surface area contributed by atoms with Gasteiger partial charge in [-0.2, -0.15) is 0 Å². The maximum Gasteiger partial charge on any atom is -0.00130 e. The molecule has 1 aliphatic rings. The lowest BCUT2D eigenvalue weighted by molar-refractivity contribution is 1.20. The van der Waals surface area contributed by atoms with Gasteiger partial charge in [0.2, 0.25) is 0 Å². The topological polar surface area (TPSA) is 0 Å². The molecule has 0 aromatic heterocycles. The molecule has 0 saturated heterocycles. The summed E-state index contributed by atoms with van der Waals surface area (Å²) in [6.07, 6.45) is 1.00. The molecular formula is C28H20. The molecule has 5 aromatic carbocycles. The average Bonchev–Trinajstić information content (AvgIpc) is 2.74. The highest BCUT2D eigenvalue weighted by Gasteiger charge is 2.18. The van der Waals surface area contributed by atoms with Gasteiger partial charge in [-0.3, -0.25) is 0 Å². The maximum atomic E-state index is 2.41. The van der Waals surface area contributed by atoms with Crippen LogP contribution in [0.25, 0.3) is 43.8 Å². The summed E-state index contributed by atoms with van der Waals surface area (Å²) in [5.41, 5.74) is 9.59. The smallest absolute Gasteiger partial charge is 0.00130 e. The van der Waals surface area contributed by atoms with Gasteiger partial charge in [0, 0.05) is 0 Å². The minimum absolute atomic E-state index is 1.00. The van der Waals surface area contributed by atoms with Crippen molar-refractivity contribution in [3.05, 3.63) is 108 Å². The van der Waals surface area contributed by atoms with E-state index in [1.807, 2.05) is 0 Å². The Morgan fingerprint density at radius 3 is 2.04 bits per heavy atom. The average molecular weight is 356 g/mol. The van der Waals surface area contributed by atoms with E-state index in [2.05, 4.69) is 97.9 Å². The third-order valence-corrected chi connectivity index (χ3v) is 6.19. The Labute approximate surface area is 165 Å². The molecule has 1 aliphatic carbocycles. The second-order valence-corrected chi connectivity index (χ2v) is 7.85. The first kappa shape index (κ1) is 15.7. The van der Waals surface area contributed by atoms with Crippen LogP contribution in [-0.2, 0) is 6.42 Å². The zero-order chi connectivity index (χ0) is 18.7. The van der Waals surface area contributed by atoms with Crippen molar-refractivity contribution < 1.29 is 0 Å². The fourth-order valence-corrected chi connectivity index (χ4v) is 4.94. The van der Waals surface area contributed by atoms with Crippen LogP contribution in [-0.4, -0.2) is 0 Å². The summed E-state index contributed by atoms with van der Waals surface area (Å²) in [6.45, 7) is 2.21. The molecule has 0 spiro atoms. The van der Waals surface area contributed by atoms with Crippen LogP contribution in [0.2, 0.25) is 0 Å². The Kier molecular flexibility index (Phi) is 3.25. The van der Waals surface area contributed by atoms with E-state index >= 15 is 0 Å². The first-order valence-electron chi connectivity index (χ1n) is 9.92. The molecule has 0 bridgehead atoms. The van der Waals surface area contributed by atoms with Crippen LogP contribution in [0.5, 0.6) is 0 Å². The van der Waals surface area contributed by atoms with Crippen molar-refractivity contribution in [2.24, 2.45) is 0 Å². The molecule has 132 valence electrons. The number of benzene rings is 5. The lowest BCUT2D eigenvalue weighted by atomic mass is 9.82. The standard InChI is InChI=1S/C28H20/c1-18-6-2-7-19-9-4-12-25(27(18)19)21-14-15-24-23(16-21)17-22-11-3-8-20-10-5-13-26(24)28(20)22/h2-16H,17H2,1H3. The molecule has 0 amide bonds. The molecule has 0 heterocycles. The lowest BCUT2D eigenvalue weighted by Crippen LogP contribution is -2.01. The van der Waals surface area contributed by atoms with Crippen molar-refractivity contribution in [1.82, 2.24) is 0 Å². The normalized spacial score (nSPS) is 12.3. The molecular weight excluding hydrogens is 336 g/mol. The van der Waals surface area contributed by atoms with Gasteiger partial charge in [0.05, 0.1) is 0 Å². The van der Waals surface area contributed by atoms with Gasteiger partial charge in [-0.15, -0.1) is 0 Å². The van der Waals surface area contributed by atoms with Crippen LogP contribution in [0.1, 0.15) is 16.7 Å². The van der Waals surface area contributed by atoms with E-state index in [9.17, 15) is 0 Å². The van der Waals surface area contributed by atoms with Crippen molar-refractivity contribution in [2.75, 3.05) is 0 Å². The quantitative estimate of drug-likeness (QED) is 0.285. The van der Waals surface area contributed by atoms with E-state index in [-0.39, 0.29) is 0 Å². The molecule has 0 atom stereocenters. The first-order valence-corrected chi connectivity index (χ1v) is 9.92. The summed E-state index contributed by atoms with van der Waals surface area (Å²) >= 11 is 0. The van der Waals surface area contributed by atoms with E-state index in [4.69, 9.17) is 0 Å². The molecule has 28 heavy (non-hydrogen) atoms. The second-order valence-electron chi connectivity index (χ2n) is 7.85. The van der Waals surface area contributed by atoms with Crippen LogP contribution in [0.4, 0.5) is 0 Å². The SMILES string of the molecule is Cc1cccc2cccc(-c3ccc4c(c3)Cc3cccc5cccc-4c35)c12. The third-order valence-electron chi connectivity index (χ3n) is 6.19. The molecule has 0 fully saturated rings. The molecule has 0 N–H and O–H groups in total. The Balaban J connectivity index is 1.60. The summed E-state index contributed by atoms with van der Waals surface area (Å²) < 4.78 is 0. The van der Waals surface area contributed by atoms with Crippen molar-refractivity contribution in [1.29, 1.82) is 0 Å². The van der Waals surface area contributed by atoms with E-state index in [1.54, 1.807) is 0 Å². The van der Waals surface area contributed by atoms with E-state index in [1.165, 1.54) is 60.5 Å². The highest BCUT2D eigenvalue weighted by molar-refractivity contribution is 6.03. The summed E-state index contributed by atoms with van der Waals surface area (Å²) in [6, 6.07) is 33.6. The minimum atomic E-state index is 1.00. The summed E-state index contributed by atoms with van der Waals surface area (Å²) in [4.78, 5) is 0. The van der Waals surface area contributed by atoms with E-state index < -0.39 is 0 Å². The van der Waals surface area contributed by atoms with Gasteiger partial charge >= 0.3 is 0 Å². The number of aryl methyl sites for hydroxylation is 1. The Bertz CT molecular complexity index is 1380. The predicted octanol–water partition coefficient (Wildman–Crippen LogP) is 7.54. The fraction of sp³-hybridized carbons (Fsp3) is 0.0714. The van der Waals surface area contributed by atoms with E-state index in [0.717, 1.165) is 6.42 Å². The Morgan fingerprint density at radius 2 is 1.21 bits per heavy atom. The predicted molar refractivity (Wildman–Crippen MR) is 120 cm³/mol. The first-order chi connectivity index (χ1) is 13.8. The third kappa shape index (κ3) is 2.18. The molecule has 0 aliphatic heterocycles. The van der Waals surface area contributed by atoms with Crippen molar-refractivity contribution in [2.45, 2.75) is 13.3 Å². The highest BCUT2D eigenvalue weighted by atomic mass is 14.2. The molecule has 0 heteroatoms. The van der Waals surface area contributed by atoms with E-state index in [0.29, 0.717) is 0 Å². The van der Waals surface area contributed by atoms with Gasteiger partial charge in [0.25, 0.3) is 0 Å². The summed E-state index contributed by atoms with van der Waals surface area (Å²) in [5.74, 6) is 0. The van der Waals surface area contributed by atoms with Gasteiger partial charge in [0.1, 0.15) is 0 Å². The van der Waals surface area contributed by atoms with Gasteiger partial charge in [-0.25, -0.2) is 0 Å². The van der Waals surface area contributed by atoms with Crippen LogP contribution in [0.15, 0.2) is 91.0 Å². The molecule has 0 radical (unpaired) electrons. The molecule has 5 aromatic rings. The molecule has 6 rings (SSSR count). The van der Waals surface area contributed by atoms with Crippen molar-refractivity contribution in [3.8, 4) is 22.3 Å². The lowest BCUT2D eigenvalue weighted by Gasteiger charge is -2.22. The summed E-state index contributed by atoms with van der Waals surface area (Å²) in [7, 11) is 0. The highest BCUT2D eigenvalue weighted by Crippen LogP contribution is 2.41. The zero-order valence-corrected chi connectivity index (χ0v) is 15.9. The van der Waals surface area contributed by atoms with Gasteiger partial charge in [0.15, 0.2) is 0 Å². The van der Waals surface area contributed by atoms with Crippen LogP contribution < -0.4 is 0 Å². The maximum absolute atomic E-state index is 2.41. The number of fused-ring (bicyclic) bond motifs is 3. The largest absolute Gasteiger partial charge is 0.0614 e. The number of rotatable bonds is 1. The molecule has 0 unspecified atom stereocenters. The van der Waals surface area contributed by atoms with Crippen molar-refractivity contribution >= 4 is 21.5 Å². The zero-order valence-electron chi connectivity index (χ0n) is 15.9. The van der Waals surface area contributed by atoms with Crippen LogP contribution in [0.3, 0.4) is 0 Å².